The molecular formula is C15H14N2O3S2. The molecule has 114 valence electrons. The van der Waals surface area contributed by atoms with Crippen molar-refractivity contribution in [1.29, 1.82) is 0 Å². The van der Waals surface area contributed by atoms with Crippen LogP contribution in [0.25, 0.3) is 11.3 Å². The number of benzene rings is 1. The third kappa shape index (κ3) is 3.05. The van der Waals surface area contributed by atoms with E-state index in [1.807, 2.05) is 23.8 Å². The lowest BCUT2D eigenvalue weighted by Crippen LogP contribution is -2.12. The zero-order valence-electron chi connectivity index (χ0n) is 11.8. The molecule has 0 fully saturated rings. The lowest BCUT2D eigenvalue weighted by Gasteiger charge is -2.05. The van der Waals surface area contributed by atoms with E-state index in [2.05, 4.69) is 9.88 Å². The Morgan fingerprint density at radius 2 is 2.00 bits per heavy atom. The van der Waals surface area contributed by atoms with Gasteiger partial charge in [-0.3, -0.25) is 0 Å². The number of nitrogens with one attached hydrogen (secondary N) is 1. The third-order valence-electron chi connectivity index (χ3n) is 3.20. The Labute approximate surface area is 132 Å². The Balaban J connectivity index is 1.82. The maximum atomic E-state index is 12.3. The summed E-state index contributed by atoms with van der Waals surface area (Å²) in [7, 11) is -3.67. The van der Waals surface area contributed by atoms with Crippen LogP contribution in [0, 0.1) is 0 Å². The summed E-state index contributed by atoms with van der Waals surface area (Å²) in [4.78, 5) is 0.193. The van der Waals surface area contributed by atoms with Crippen LogP contribution in [0.5, 0.6) is 0 Å². The fourth-order valence-electron chi connectivity index (χ4n) is 1.97. The van der Waals surface area contributed by atoms with Crippen LogP contribution in [-0.4, -0.2) is 13.6 Å². The van der Waals surface area contributed by atoms with Crippen LogP contribution in [0.2, 0.25) is 0 Å². The Bertz CT molecular complexity index is 851. The molecule has 1 aromatic carbocycles. The summed E-state index contributed by atoms with van der Waals surface area (Å²) >= 11 is 1.54. The van der Waals surface area contributed by atoms with Gasteiger partial charge in [-0.1, -0.05) is 24.2 Å². The average Bonchev–Trinajstić information content (AvgIpc) is 3.18. The van der Waals surface area contributed by atoms with E-state index < -0.39 is 10.0 Å². The van der Waals surface area contributed by atoms with Crippen molar-refractivity contribution in [3.05, 3.63) is 52.7 Å². The van der Waals surface area contributed by atoms with E-state index in [-0.39, 0.29) is 10.8 Å². The largest absolute Gasteiger partial charge is 0.337 e. The number of rotatable bonds is 5. The number of anilines is 1. The molecule has 22 heavy (non-hydrogen) atoms. The molecule has 5 nitrogen and oxygen atoms in total. The van der Waals surface area contributed by atoms with Crippen molar-refractivity contribution in [3.63, 3.8) is 0 Å². The molecule has 0 saturated heterocycles. The Kier molecular flexibility index (Phi) is 4.00. The third-order valence-corrected chi connectivity index (χ3v) is 5.25. The summed E-state index contributed by atoms with van der Waals surface area (Å²) < 4.78 is 32.1. The Morgan fingerprint density at radius 1 is 1.23 bits per heavy atom. The van der Waals surface area contributed by atoms with Gasteiger partial charge in [0.25, 0.3) is 10.0 Å². The van der Waals surface area contributed by atoms with Crippen LogP contribution in [0.15, 0.2) is 56.6 Å². The van der Waals surface area contributed by atoms with Gasteiger partial charge in [0, 0.05) is 17.0 Å². The standard InChI is InChI=1S/C15H14N2O3S2/c1-2-11-3-5-13(6-4-11)22(18,19)17-15-9-14(16-20-15)12-7-8-21-10-12/h3-10,17H,2H2,1H3. The molecule has 2 aromatic heterocycles. The number of hydrogen-bond donors (Lipinski definition) is 1. The molecule has 0 atom stereocenters. The molecule has 0 aliphatic rings. The molecule has 1 N–H and O–H groups in total. The number of sulfonamides is 1. The molecule has 0 saturated carbocycles. The molecule has 0 amide bonds. The van der Waals surface area contributed by atoms with Gasteiger partial charge in [0.2, 0.25) is 5.88 Å². The highest BCUT2D eigenvalue weighted by atomic mass is 32.2. The first-order valence-electron chi connectivity index (χ1n) is 6.69. The normalized spacial score (nSPS) is 11.5. The second kappa shape index (κ2) is 5.94. The van der Waals surface area contributed by atoms with Gasteiger partial charge in [-0.15, -0.1) is 0 Å². The van der Waals surface area contributed by atoms with E-state index in [9.17, 15) is 8.42 Å². The van der Waals surface area contributed by atoms with E-state index in [4.69, 9.17) is 4.52 Å². The summed E-state index contributed by atoms with van der Waals surface area (Å²) in [5, 5.41) is 7.70. The molecule has 3 aromatic rings. The number of aromatic nitrogens is 1. The van der Waals surface area contributed by atoms with Crippen LogP contribution in [0.4, 0.5) is 5.88 Å². The van der Waals surface area contributed by atoms with E-state index in [0.29, 0.717) is 5.69 Å². The topological polar surface area (TPSA) is 72.2 Å². The van der Waals surface area contributed by atoms with Crippen molar-refractivity contribution >= 4 is 27.2 Å². The van der Waals surface area contributed by atoms with Crippen molar-refractivity contribution in [2.75, 3.05) is 4.72 Å². The Hall–Kier alpha value is -2.12. The monoisotopic (exact) mass is 334 g/mol. The number of hydrogen-bond acceptors (Lipinski definition) is 5. The summed E-state index contributed by atoms with van der Waals surface area (Å²) in [6, 6.07) is 10.2. The first-order chi connectivity index (χ1) is 10.6. The summed E-state index contributed by atoms with van der Waals surface area (Å²) in [5.41, 5.74) is 2.57. The molecule has 0 radical (unpaired) electrons. The number of thiophene rings is 1. The van der Waals surface area contributed by atoms with Crippen LogP contribution >= 0.6 is 11.3 Å². The van der Waals surface area contributed by atoms with E-state index in [0.717, 1.165) is 17.5 Å². The zero-order chi connectivity index (χ0) is 15.6. The second-order valence-electron chi connectivity index (χ2n) is 4.69. The van der Waals surface area contributed by atoms with Crippen LogP contribution < -0.4 is 4.72 Å². The Morgan fingerprint density at radius 3 is 2.64 bits per heavy atom. The van der Waals surface area contributed by atoms with Gasteiger partial charge >= 0.3 is 0 Å². The van der Waals surface area contributed by atoms with E-state index in [1.54, 1.807) is 30.3 Å². The van der Waals surface area contributed by atoms with Gasteiger partial charge in [0.05, 0.1) is 4.90 Å². The predicted molar refractivity (Wildman–Crippen MR) is 86.4 cm³/mol. The summed E-state index contributed by atoms with van der Waals surface area (Å²) in [6.45, 7) is 2.02. The lowest BCUT2D eigenvalue weighted by atomic mass is 10.2. The maximum absolute atomic E-state index is 12.3. The van der Waals surface area contributed by atoms with Crippen LogP contribution in [0.1, 0.15) is 12.5 Å². The highest BCUT2D eigenvalue weighted by molar-refractivity contribution is 7.92. The fourth-order valence-corrected chi connectivity index (χ4v) is 3.59. The lowest BCUT2D eigenvalue weighted by molar-refractivity contribution is 0.438. The van der Waals surface area contributed by atoms with Gasteiger partial charge in [-0.2, -0.15) is 11.3 Å². The van der Waals surface area contributed by atoms with E-state index in [1.165, 1.54) is 11.3 Å². The van der Waals surface area contributed by atoms with Gasteiger partial charge in [-0.25, -0.2) is 13.1 Å². The minimum absolute atomic E-state index is 0.0979. The van der Waals surface area contributed by atoms with Gasteiger partial charge in [0.15, 0.2) is 0 Å². The molecular weight excluding hydrogens is 320 g/mol. The molecule has 0 bridgehead atoms. The molecule has 7 heteroatoms. The molecule has 0 spiro atoms. The minimum Gasteiger partial charge on any atom is -0.337 e. The second-order valence-corrected chi connectivity index (χ2v) is 7.15. The number of aryl methyl sites for hydroxylation is 1. The molecule has 0 aliphatic carbocycles. The fraction of sp³-hybridized carbons (Fsp3) is 0.133. The average molecular weight is 334 g/mol. The molecule has 2 heterocycles. The van der Waals surface area contributed by atoms with Crippen LogP contribution in [0.3, 0.4) is 0 Å². The smallest absolute Gasteiger partial charge is 0.264 e. The highest BCUT2D eigenvalue weighted by Crippen LogP contribution is 2.25. The van der Waals surface area contributed by atoms with Crippen molar-refractivity contribution in [1.82, 2.24) is 5.16 Å². The first kappa shape index (κ1) is 14.8. The van der Waals surface area contributed by atoms with Crippen molar-refractivity contribution in [2.24, 2.45) is 0 Å². The van der Waals surface area contributed by atoms with Crippen LogP contribution in [-0.2, 0) is 16.4 Å². The molecule has 3 rings (SSSR count). The summed E-state index contributed by atoms with van der Waals surface area (Å²) in [5.74, 6) is 0.0979. The van der Waals surface area contributed by atoms with E-state index >= 15 is 0 Å². The molecule has 0 aliphatic heterocycles. The molecule has 0 unspecified atom stereocenters. The highest BCUT2D eigenvalue weighted by Gasteiger charge is 2.17. The first-order valence-corrected chi connectivity index (χ1v) is 9.12. The summed E-state index contributed by atoms with van der Waals surface area (Å²) in [6.07, 6.45) is 0.861. The van der Waals surface area contributed by atoms with Gasteiger partial charge in [-0.05, 0) is 35.6 Å². The minimum atomic E-state index is -3.67. The maximum Gasteiger partial charge on any atom is 0.264 e. The van der Waals surface area contributed by atoms with Crippen molar-refractivity contribution in [2.45, 2.75) is 18.2 Å². The van der Waals surface area contributed by atoms with Gasteiger partial charge < -0.3 is 4.52 Å². The van der Waals surface area contributed by atoms with Gasteiger partial charge in [0.1, 0.15) is 5.69 Å². The van der Waals surface area contributed by atoms with Crippen molar-refractivity contribution in [3.8, 4) is 11.3 Å². The predicted octanol–water partition coefficient (Wildman–Crippen LogP) is 3.77. The zero-order valence-corrected chi connectivity index (χ0v) is 13.4. The van der Waals surface area contributed by atoms with Crippen molar-refractivity contribution < 1.29 is 12.9 Å². The quantitative estimate of drug-likeness (QED) is 0.771. The number of nitrogens with zero attached hydrogens (tertiary/aromatic N) is 1. The SMILES string of the molecule is CCc1ccc(S(=O)(=O)Nc2cc(-c3ccsc3)no2)cc1.